The molecule has 0 spiro atoms. The number of hydrogen-bond acceptors (Lipinski definition) is 2. The highest BCUT2D eigenvalue weighted by Gasteiger charge is 2.09. The summed E-state index contributed by atoms with van der Waals surface area (Å²) < 4.78 is 0. The van der Waals surface area contributed by atoms with E-state index in [-0.39, 0.29) is 11.9 Å². The average Bonchev–Trinajstić information content (AvgIpc) is 2.50. The van der Waals surface area contributed by atoms with Crippen LogP contribution in [0, 0.1) is 0 Å². The van der Waals surface area contributed by atoms with Gasteiger partial charge in [-0.3, -0.25) is 4.79 Å². The molecule has 0 aliphatic carbocycles. The van der Waals surface area contributed by atoms with Gasteiger partial charge in [0.2, 0.25) is 5.91 Å². The highest BCUT2D eigenvalue weighted by Crippen LogP contribution is 2.25. The highest BCUT2D eigenvalue weighted by molar-refractivity contribution is 6.36. The van der Waals surface area contributed by atoms with Crippen molar-refractivity contribution >= 4 is 34.8 Å². The molecule has 2 N–H and O–H groups in total. The number of amides is 1. The van der Waals surface area contributed by atoms with Crippen molar-refractivity contribution in [3.63, 3.8) is 0 Å². The minimum atomic E-state index is -0.00665. The molecule has 1 unspecified atom stereocenters. The lowest BCUT2D eigenvalue weighted by Gasteiger charge is -2.15. The zero-order valence-electron chi connectivity index (χ0n) is 12.3. The predicted octanol–water partition coefficient (Wildman–Crippen LogP) is 4.67. The van der Waals surface area contributed by atoms with Crippen LogP contribution in [0.4, 0.5) is 5.69 Å². The van der Waals surface area contributed by atoms with Crippen molar-refractivity contribution in [2.24, 2.45) is 0 Å². The highest BCUT2D eigenvalue weighted by atomic mass is 35.5. The summed E-state index contributed by atoms with van der Waals surface area (Å²) in [5.41, 5.74) is 1.86. The minimum absolute atomic E-state index is 0.00561. The van der Waals surface area contributed by atoms with Crippen molar-refractivity contribution in [3.8, 4) is 0 Å². The van der Waals surface area contributed by atoms with Crippen molar-refractivity contribution in [2.75, 3.05) is 11.9 Å². The molecular weight excluding hydrogens is 319 g/mol. The molecule has 2 aromatic rings. The third-order valence-corrected chi connectivity index (χ3v) is 3.82. The summed E-state index contributed by atoms with van der Waals surface area (Å²) in [5.74, 6) is -0.00561. The van der Waals surface area contributed by atoms with Crippen LogP contribution < -0.4 is 10.6 Å². The molecule has 22 heavy (non-hydrogen) atoms. The number of hydrogen-bond donors (Lipinski definition) is 2. The molecule has 2 rings (SSSR count). The smallest absolute Gasteiger partial charge is 0.222 e. The van der Waals surface area contributed by atoms with E-state index in [1.807, 2.05) is 37.3 Å². The summed E-state index contributed by atoms with van der Waals surface area (Å²) in [4.78, 5) is 12.0. The molecule has 116 valence electrons. The molecule has 1 amide bonds. The van der Waals surface area contributed by atoms with Crippen LogP contribution in [0.15, 0.2) is 48.5 Å². The van der Waals surface area contributed by atoms with Crippen LogP contribution in [0.25, 0.3) is 0 Å². The fraction of sp³-hybridized carbons (Fsp3) is 0.235. The van der Waals surface area contributed by atoms with E-state index < -0.39 is 0 Å². The summed E-state index contributed by atoms with van der Waals surface area (Å²) in [6.07, 6.45) is 0.371. The summed E-state index contributed by atoms with van der Waals surface area (Å²) in [5, 5.41) is 7.24. The van der Waals surface area contributed by atoms with Gasteiger partial charge in [0.15, 0.2) is 0 Å². The first kappa shape index (κ1) is 16.7. The maximum atomic E-state index is 12.0. The Balaban J connectivity index is 1.78. The van der Waals surface area contributed by atoms with Crippen LogP contribution in [-0.4, -0.2) is 12.5 Å². The molecule has 0 fully saturated rings. The second-order valence-electron chi connectivity index (χ2n) is 5.00. The fourth-order valence-electron chi connectivity index (χ4n) is 2.08. The van der Waals surface area contributed by atoms with Crippen LogP contribution in [0.2, 0.25) is 10.0 Å². The number of carbonyl (C=O) groups excluding carboxylic acids is 1. The van der Waals surface area contributed by atoms with Gasteiger partial charge in [-0.25, -0.2) is 0 Å². The van der Waals surface area contributed by atoms with E-state index >= 15 is 0 Å². The number of nitrogens with one attached hydrogen (secondary N) is 2. The van der Waals surface area contributed by atoms with Crippen molar-refractivity contribution < 1.29 is 4.79 Å². The first-order valence-electron chi connectivity index (χ1n) is 7.09. The largest absolute Gasteiger partial charge is 0.383 e. The molecule has 0 aliphatic heterocycles. The average molecular weight is 337 g/mol. The lowest BCUT2D eigenvalue weighted by molar-refractivity contribution is -0.121. The predicted molar refractivity (Wildman–Crippen MR) is 92.6 cm³/mol. The summed E-state index contributed by atoms with van der Waals surface area (Å²) in [6.45, 7) is 2.48. The fourth-order valence-corrected chi connectivity index (χ4v) is 2.56. The Hall–Kier alpha value is -1.71. The molecule has 0 saturated heterocycles. The molecule has 0 saturated carbocycles. The zero-order valence-corrected chi connectivity index (χ0v) is 13.8. The Morgan fingerprint density at radius 3 is 2.55 bits per heavy atom. The van der Waals surface area contributed by atoms with Crippen molar-refractivity contribution in [2.45, 2.75) is 19.4 Å². The summed E-state index contributed by atoms with van der Waals surface area (Å²) >= 11 is 11.9. The number of halogens is 2. The second-order valence-corrected chi connectivity index (χ2v) is 5.84. The third kappa shape index (κ3) is 4.93. The van der Waals surface area contributed by atoms with Gasteiger partial charge in [0.05, 0.1) is 16.8 Å². The van der Waals surface area contributed by atoms with Gasteiger partial charge >= 0.3 is 0 Å². The molecule has 0 aliphatic rings. The van der Waals surface area contributed by atoms with E-state index in [0.29, 0.717) is 23.0 Å². The van der Waals surface area contributed by atoms with Crippen LogP contribution >= 0.6 is 23.2 Å². The first-order valence-corrected chi connectivity index (χ1v) is 7.85. The first-order chi connectivity index (χ1) is 10.6. The quantitative estimate of drug-likeness (QED) is 0.804. The maximum absolute atomic E-state index is 12.0. The van der Waals surface area contributed by atoms with E-state index in [1.54, 1.807) is 18.2 Å². The molecule has 0 aromatic heterocycles. The Morgan fingerprint density at radius 1 is 1.14 bits per heavy atom. The second kappa shape index (κ2) is 8.06. The van der Waals surface area contributed by atoms with Gasteiger partial charge in [0.1, 0.15) is 0 Å². The molecule has 0 bridgehead atoms. The topological polar surface area (TPSA) is 41.1 Å². The standard InChI is InChI=1S/C17H18Cl2N2O/c1-12(13-5-3-2-4-6-13)21-17(22)9-10-20-16-8-7-14(18)11-15(16)19/h2-8,11-12,20H,9-10H2,1H3,(H,21,22). The zero-order chi connectivity index (χ0) is 15.9. The summed E-state index contributed by atoms with van der Waals surface area (Å²) in [7, 11) is 0. The Bertz CT molecular complexity index is 632. The third-order valence-electron chi connectivity index (χ3n) is 3.28. The SMILES string of the molecule is CC(NC(=O)CCNc1ccc(Cl)cc1Cl)c1ccccc1. The maximum Gasteiger partial charge on any atom is 0.222 e. The van der Waals surface area contributed by atoms with Gasteiger partial charge in [-0.15, -0.1) is 0 Å². The molecule has 3 nitrogen and oxygen atoms in total. The van der Waals surface area contributed by atoms with E-state index in [9.17, 15) is 4.79 Å². The monoisotopic (exact) mass is 336 g/mol. The van der Waals surface area contributed by atoms with Crippen molar-refractivity contribution in [3.05, 3.63) is 64.1 Å². The van der Waals surface area contributed by atoms with Crippen LogP contribution in [-0.2, 0) is 4.79 Å². The lowest BCUT2D eigenvalue weighted by Crippen LogP contribution is -2.28. The molecular formula is C17H18Cl2N2O. The Morgan fingerprint density at radius 2 is 1.86 bits per heavy atom. The van der Waals surface area contributed by atoms with Gasteiger partial charge in [-0.05, 0) is 30.7 Å². The van der Waals surface area contributed by atoms with Gasteiger partial charge in [0, 0.05) is 18.0 Å². The Kier molecular flexibility index (Phi) is 6.10. The number of anilines is 1. The molecule has 1 atom stereocenters. The Labute approximate surface area is 140 Å². The molecule has 0 radical (unpaired) electrons. The van der Waals surface area contributed by atoms with Gasteiger partial charge in [-0.2, -0.15) is 0 Å². The number of carbonyl (C=O) groups is 1. The number of rotatable bonds is 6. The number of benzene rings is 2. The van der Waals surface area contributed by atoms with E-state index in [4.69, 9.17) is 23.2 Å². The summed E-state index contributed by atoms with van der Waals surface area (Å²) in [6, 6.07) is 15.1. The van der Waals surface area contributed by atoms with Crippen LogP contribution in [0.3, 0.4) is 0 Å². The minimum Gasteiger partial charge on any atom is -0.383 e. The van der Waals surface area contributed by atoms with E-state index in [0.717, 1.165) is 11.3 Å². The van der Waals surface area contributed by atoms with Gasteiger partial charge < -0.3 is 10.6 Å². The molecule has 5 heteroatoms. The van der Waals surface area contributed by atoms with Gasteiger partial charge in [-0.1, -0.05) is 53.5 Å². The van der Waals surface area contributed by atoms with E-state index in [2.05, 4.69) is 10.6 Å². The van der Waals surface area contributed by atoms with E-state index in [1.165, 1.54) is 0 Å². The van der Waals surface area contributed by atoms with Crippen molar-refractivity contribution in [1.82, 2.24) is 5.32 Å². The molecule has 0 heterocycles. The normalized spacial score (nSPS) is 11.8. The van der Waals surface area contributed by atoms with Gasteiger partial charge in [0.25, 0.3) is 0 Å². The van der Waals surface area contributed by atoms with Crippen LogP contribution in [0.1, 0.15) is 24.9 Å². The lowest BCUT2D eigenvalue weighted by atomic mass is 10.1. The van der Waals surface area contributed by atoms with Crippen molar-refractivity contribution in [1.29, 1.82) is 0 Å². The van der Waals surface area contributed by atoms with Crippen LogP contribution in [0.5, 0.6) is 0 Å². The molecule has 2 aromatic carbocycles.